The molecule has 0 aliphatic rings. The minimum Gasteiger partial charge on any atom is -0.303 e. The number of aldehydes is 1. The Balaban J connectivity index is 3.24. The average molecular weight is 111 g/mol. The minimum absolute atomic E-state index is 0.185. The lowest BCUT2D eigenvalue weighted by Gasteiger charge is -1.81. The van der Waals surface area contributed by atoms with Crippen LogP contribution in [0.25, 0.3) is 0 Å². The van der Waals surface area contributed by atoms with E-state index < -0.39 is 0 Å². The number of allylic oxidation sites excluding steroid dienone is 1. The van der Waals surface area contributed by atoms with Crippen molar-refractivity contribution >= 4 is 12.1 Å². The van der Waals surface area contributed by atoms with Crippen LogP contribution in [-0.2, 0) is 9.59 Å². The van der Waals surface area contributed by atoms with Gasteiger partial charge >= 0.3 is 0 Å². The predicted molar refractivity (Wildman–Crippen MR) is 30.2 cm³/mol. The molecule has 0 rings (SSSR count). The number of ketones is 1. The molecule has 0 aromatic carbocycles. The Bertz CT molecular complexity index is 105. The van der Waals surface area contributed by atoms with E-state index in [2.05, 4.69) is 6.58 Å². The molecule has 0 unspecified atom stereocenters. The monoisotopic (exact) mass is 111 g/mol. The first kappa shape index (κ1) is 7.08. The molecular weight excluding hydrogens is 104 g/mol. The van der Waals surface area contributed by atoms with E-state index in [4.69, 9.17) is 0 Å². The normalized spacial score (nSPS) is 8.00. The van der Waals surface area contributed by atoms with Gasteiger partial charge in [0.25, 0.3) is 0 Å². The molecule has 43 valence electrons. The zero-order chi connectivity index (χ0) is 6.41. The van der Waals surface area contributed by atoms with Gasteiger partial charge in [-0.15, -0.1) is 0 Å². The fourth-order valence-corrected chi connectivity index (χ4v) is 0.248. The van der Waals surface area contributed by atoms with Crippen molar-refractivity contribution in [1.82, 2.24) is 0 Å². The van der Waals surface area contributed by atoms with Gasteiger partial charge in [0.05, 0.1) is 0 Å². The Hall–Kier alpha value is -0.920. The largest absolute Gasteiger partial charge is 0.303 e. The van der Waals surface area contributed by atoms with E-state index in [0.29, 0.717) is 6.29 Å². The summed E-state index contributed by atoms with van der Waals surface area (Å²) >= 11 is 0. The molecule has 0 amide bonds. The lowest BCUT2D eigenvalue weighted by Crippen LogP contribution is -1.91. The van der Waals surface area contributed by atoms with E-state index in [1.54, 1.807) is 0 Å². The van der Waals surface area contributed by atoms with Crippen LogP contribution in [0.2, 0.25) is 0 Å². The molecule has 0 saturated carbocycles. The summed E-state index contributed by atoms with van der Waals surface area (Å²) in [5.41, 5.74) is 0. The summed E-state index contributed by atoms with van der Waals surface area (Å²) < 4.78 is 0. The van der Waals surface area contributed by atoms with E-state index in [0.717, 1.165) is 0 Å². The van der Waals surface area contributed by atoms with Crippen LogP contribution >= 0.6 is 0 Å². The molecule has 0 bridgehead atoms. The maximum absolute atomic E-state index is 10.2. The molecule has 8 heavy (non-hydrogen) atoms. The van der Waals surface area contributed by atoms with Crippen molar-refractivity contribution in [3.8, 4) is 0 Å². The predicted octanol–water partition coefficient (Wildman–Crippen LogP) is 0.535. The highest BCUT2D eigenvalue weighted by Crippen LogP contribution is 1.84. The fourth-order valence-electron chi connectivity index (χ4n) is 0.248. The molecule has 0 aliphatic carbocycles. The van der Waals surface area contributed by atoms with Crippen LogP contribution in [-0.4, -0.2) is 12.1 Å². The molecule has 0 atom stereocenters. The van der Waals surface area contributed by atoms with Crippen LogP contribution < -0.4 is 0 Å². The van der Waals surface area contributed by atoms with E-state index in [1.807, 2.05) is 0 Å². The maximum atomic E-state index is 10.2. The van der Waals surface area contributed by atoms with Crippen LogP contribution in [0.3, 0.4) is 0 Å². The second-order valence-corrected chi connectivity index (χ2v) is 1.21. The molecule has 1 radical (unpaired) electrons. The highest BCUT2D eigenvalue weighted by molar-refractivity contribution is 5.97. The van der Waals surface area contributed by atoms with Crippen molar-refractivity contribution in [2.45, 2.75) is 6.42 Å². The number of hydrogen-bond donors (Lipinski definition) is 0. The molecular formula is C6H7O2. The molecule has 0 heterocycles. The van der Waals surface area contributed by atoms with Gasteiger partial charge in [0.1, 0.15) is 6.29 Å². The summed E-state index contributed by atoms with van der Waals surface area (Å²) in [5, 5.41) is 0. The van der Waals surface area contributed by atoms with Gasteiger partial charge in [-0.05, 0) is 6.08 Å². The Morgan fingerprint density at radius 3 is 2.62 bits per heavy atom. The van der Waals surface area contributed by atoms with Crippen molar-refractivity contribution < 1.29 is 9.59 Å². The number of hydrogen-bond acceptors (Lipinski definition) is 2. The van der Waals surface area contributed by atoms with Gasteiger partial charge in [-0.2, -0.15) is 0 Å². The number of carbonyl (C=O) groups excluding carboxylic acids is 2. The van der Waals surface area contributed by atoms with Crippen LogP contribution in [0.15, 0.2) is 12.7 Å². The summed E-state index contributed by atoms with van der Waals surface area (Å²) in [5.74, 6) is -0.197. The van der Waals surface area contributed by atoms with E-state index >= 15 is 0 Å². The number of rotatable bonds is 4. The molecule has 0 saturated heterocycles. The fraction of sp³-hybridized carbons (Fsp3) is 0.167. The van der Waals surface area contributed by atoms with Crippen molar-refractivity contribution in [2.75, 3.05) is 0 Å². The quantitative estimate of drug-likeness (QED) is 0.392. The Kier molecular flexibility index (Phi) is 3.76. The first-order chi connectivity index (χ1) is 3.81. The van der Waals surface area contributed by atoms with E-state index in [-0.39, 0.29) is 12.2 Å². The molecule has 0 aromatic heterocycles. The summed E-state index contributed by atoms with van der Waals surface area (Å²) in [6.07, 6.45) is 3.30. The van der Waals surface area contributed by atoms with Gasteiger partial charge in [0.15, 0.2) is 5.78 Å². The third-order valence-corrected chi connectivity index (χ3v) is 0.616. The van der Waals surface area contributed by atoms with Crippen molar-refractivity contribution in [1.29, 1.82) is 0 Å². The second-order valence-electron chi connectivity index (χ2n) is 1.21. The first-order valence-corrected chi connectivity index (χ1v) is 2.24. The lowest BCUT2D eigenvalue weighted by molar-refractivity contribution is -0.113. The molecule has 0 spiro atoms. The minimum atomic E-state index is -0.197. The topological polar surface area (TPSA) is 34.1 Å². The smallest absolute Gasteiger partial charge is 0.159 e. The Labute approximate surface area is 48.2 Å². The third kappa shape index (κ3) is 3.28. The van der Waals surface area contributed by atoms with E-state index in [1.165, 1.54) is 12.5 Å². The van der Waals surface area contributed by atoms with Gasteiger partial charge in [-0.1, -0.05) is 6.58 Å². The summed E-state index contributed by atoms with van der Waals surface area (Å²) in [6.45, 7) is 3.22. The Morgan fingerprint density at radius 2 is 2.25 bits per heavy atom. The molecule has 0 aromatic rings. The second kappa shape index (κ2) is 4.24. The van der Waals surface area contributed by atoms with Crippen LogP contribution in [0.1, 0.15) is 6.42 Å². The first-order valence-electron chi connectivity index (χ1n) is 2.24. The summed E-state index contributed by atoms with van der Waals surface area (Å²) in [7, 11) is 0. The molecule has 0 fully saturated rings. The molecule has 2 nitrogen and oxygen atoms in total. The third-order valence-electron chi connectivity index (χ3n) is 0.616. The van der Waals surface area contributed by atoms with Gasteiger partial charge < -0.3 is 4.79 Å². The SMILES string of the molecule is C=CC(=O)[CH]CC=O. The van der Waals surface area contributed by atoms with Gasteiger partial charge in [0.2, 0.25) is 0 Å². The maximum Gasteiger partial charge on any atom is 0.159 e. The molecule has 0 aliphatic heterocycles. The lowest BCUT2D eigenvalue weighted by atomic mass is 10.2. The van der Waals surface area contributed by atoms with Crippen molar-refractivity contribution in [3.63, 3.8) is 0 Å². The Morgan fingerprint density at radius 1 is 1.62 bits per heavy atom. The van der Waals surface area contributed by atoms with Crippen LogP contribution in [0.4, 0.5) is 0 Å². The van der Waals surface area contributed by atoms with Gasteiger partial charge in [0, 0.05) is 12.8 Å². The molecule has 0 N–H and O–H groups in total. The molecule has 2 heteroatoms. The van der Waals surface area contributed by atoms with Crippen LogP contribution in [0, 0.1) is 6.42 Å². The van der Waals surface area contributed by atoms with Crippen molar-refractivity contribution in [2.24, 2.45) is 0 Å². The zero-order valence-corrected chi connectivity index (χ0v) is 4.46. The summed E-state index contributed by atoms with van der Waals surface area (Å²) in [6, 6.07) is 0. The zero-order valence-electron chi connectivity index (χ0n) is 4.46. The standard InChI is InChI=1S/C6H7O2/c1-2-6(8)4-3-5-7/h2,4-5H,1,3H2. The van der Waals surface area contributed by atoms with Gasteiger partial charge in [-0.25, -0.2) is 0 Å². The van der Waals surface area contributed by atoms with E-state index in [9.17, 15) is 9.59 Å². The number of carbonyl (C=O) groups is 2. The van der Waals surface area contributed by atoms with Crippen LogP contribution in [0.5, 0.6) is 0 Å². The van der Waals surface area contributed by atoms with Crippen molar-refractivity contribution in [3.05, 3.63) is 19.1 Å². The summed E-state index contributed by atoms with van der Waals surface area (Å²) in [4.78, 5) is 19.8. The average Bonchev–Trinajstić information content (AvgIpc) is 1.83. The van der Waals surface area contributed by atoms with Gasteiger partial charge in [-0.3, -0.25) is 4.79 Å². The highest BCUT2D eigenvalue weighted by Gasteiger charge is 1.91. The highest BCUT2D eigenvalue weighted by atomic mass is 16.1.